The summed E-state index contributed by atoms with van der Waals surface area (Å²) in [4.78, 5) is 11.9. The number of halogens is 1. The third-order valence-electron chi connectivity index (χ3n) is 2.70. The summed E-state index contributed by atoms with van der Waals surface area (Å²) in [6.07, 6.45) is 2.50. The van der Waals surface area contributed by atoms with Crippen molar-refractivity contribution in [1.82, 2.24) is 15.0 Å². The first-order chi connectivity index (χ1) is 8.78. The molecular weight excluding hydrogens is 312 g/mol. The van der Waals surface area contributed by atoms with E-state index in [1.54, 1.807) is 17.7 Å². The minimum atomic E-state index is 0.612. The number of nitrogens with one attached hydrogen (secondary N) is 1. The van der Waals surface area contributed by atoms with Gasteiger partial charge in [-0.25, -0.2) is 9.97 Å². The van der Waals surface area contributed by atoms with Crippen molar-refractivity contribution in [1.29, 1.82) is 0 Å². The molecule has 0 aliphatic carbocycles. The predicted octanol–water partition coefficient (Wildman–Crippen LogP) is 2.95. The Hall–Kier alpha value is -1.24. The fourth-order valence-electron chi connectivity index (χ4n) is 1.82. The van der Waals surface area contributed by atoms with Crippen LogP contribution in [0.25, 0.3) is 21.6 Å². The van der Waals surface area contributed by atoms with Gasteiger partial charge in [0.2, 0.25) is 0 Å². The third-order valence-corrected chi connectivity index (χ3v) is 4.58. The molecule has 92 valence electrons. The lowest BCUT2D eigenvalue weighted by molar-refractivity contribution is 0.932. The van der Waals surface area contributed by atoms with E-state index in [4.69, 9.17) is 5.73 Å². The van der Waals surface area contributed by atoms with Crippen molar-refractivity contribution in [3.8, 4) is 10.6 Å². The van der Waals surface area contributed by atoms with Crippen LogP contribution >= 0.6 is 27.3 Å². The molecule has 0 saturated carbocycles. The summed E-state index contributed by atoms with van der Waals surface area (Å²) in [7, 11) is 0. The fraction of sp³-hybridized carbons (Fsp3) is 0.167. The number of aromatic amines is 1. The van der Waals surface area contributed by atoms with E-state index < -0.39 is 0 Å². The molecule has 0 radical (unpaired) electrons. The number of thiazole rings is 1. The van der Waals surface area contributed by atoms with Crippen LogP contribution in [0.1, 0.15) is 5.69 Å². The SMILES string of the molecule is NCCc1nc(-c2ccc3nc[nH]c3c2)sc1Br. The Kier molecular flexibility index (Phi) is 3.15. The Morgan fingerprint density at radius 3 is 3.11 bits per heavy atom. The summed E-state index contributed by atoms with van der Waals surface area (Å²) in [6.45, 7) is 0.612. The van der Waals surface area contributed by atoms with Crippen molar-refractivity contribution in [2.24, 2.45) is 5.73 Å². The van der Waals surface area contributed by atoms with E-state index in [1.807, 2.05) is 12.1 Å². The van der Waals surface area contributed by atoms with E-state index in [2.05, 4.69) is 36.9 Å². The number of H-pyrrole nitrogens is 1. The van der Waals surface area contributed by atoms with Crippen molar-refractivity contribution in [3.05, 3.63) is 34.0 Å². The fourth-order valence-corrected chi connectivity index (χ4v) is 3.40. The first kappa shape index (κ1) is 11.8. The highest BCUT2D eigenvalue weighted by Gasteiger charge is 2.10. The Morgan fingerprint density at radius 2 is 2.28 bits per heavy atom. The zero-order chi connectivity index (χ0) is 12.5. The van der Waals surface area contributed by atoms with Gasteiger partial charge in [0.25, 0.3) is 0 Å². The van der Waals surface area contributed by atoms with E-state index >= 15 is 0 Å². The maximum absolute atomic E-state index is 5.57. The highest BCUT2D eigenvalue weighted by molar-refractivity contribution is 9.11. The molecule has 3 rings (SSSR count). The largest absolute Gasteiger partial charge is 0.345 e. The molecule has 0 bridgehead atoms. The van der Waals surface area contributed by atoms with Gasteiger partial charge in [-0.3, -0.25) is 0 Å². The zero-order valence-electron chi connectivity index (χ0n) is 9.48. The number of nitrogens with two attached hydrogens (primary N) is 1. The smallest absolute Gasteiger partial charge is 0.124 e. The lowest BCUT2D eigenvalue weighted by Gasteiger charge is -1.96. The van der Waals surface area contributed by atoms with Crippen molar-refractivity contribution in [3.63, 3.8) is 0 Å². The average molecular weight is 323 g/mol. The van der Waals surface area contributed by atoms with Crippen LogP contribution in [0.3, 0.4) is 0 Å². The zero-order valence-corrected chi connectivity index (χ0v) is 11.9. The van der Waals surface area contributed by atoms with Gasteiger partial charge in [0, 0.05) is 12.0 Å². The molecule has 18 heavy (non-hydrogen) atoms. The van der Waals surface area contributed by atoms with E-state index in [9.17, 15) is 0 Å². The second-order valence-corrected chi connectivity index (χ2v) is 6.23. The van der Waals surface area contributed by atoms with E-state index in [-0.39, 0.29) is 0 Å². The second kappa shape index (κ2) is 4.79. The van der Waals surface area contributed by atoms with Gasteiger partial charge >= 0.3 is 0 Å². The third kappa shape index (κ3) is 2.07. The Labute approximate surface area is 116 Å². The molecule has 0 aliphatic rings. The van der Waals surface area contributed by atoms with Crippen LogP contribution in [0.4, 0.5) is 0 Å². The Bertz CT molecular complexity index is 688. The van der Waals surface area contributed by atoms with Gasteiger partial charge in [0.15, 0.2) is 0 Å². The molecule has 3 N–H and O–H groups in total. The molecular formula is C12H11BrN4S. The van der Waals surface area contributed by atoms with Crippen molar-refractivity contribution < 1.29 is 0 Å². The molecule has 3 aromatic rings. The van der Waals surface area contributed by atoms with Crippen molar-refractivity contribution in [2.45, 2.75) is 6.42 Å². The summed E-state index contributed by atoms with van der Waals surface area (Å²) < 4.78 is 1.06. The molecule has 0 aliphatic heterocycles. The molecule has 2 heterocycles. The van der Waals surface area contributed by atoms with Gasteiger partial charge in [-0.05, 0) is 40.7 Å². The number of benzene rings is 1. The summed E-state index contributed by atoms with van der Waals surface area (Å²) in [5, 5.41) is 1.00. The first-order valence-corrected chi connectivity index (χ1v) is 7.17. The topological polar surface area (TPSA) is 67.6 Å². The van der Waals surface area contributed by atoms with Crippen LogP contribution < -0.4 is 5.73 Å². The quantitative estimate of drug-likeness (QED) is 0.779. The molecule has 0 saturated heterocycles. The second-order valence-electron chi connectivity index (χ2n) is 3.91. The van der Waals surface area contributed by atoms with Crippen LogP contribution in [-0.2, 0) is 6.42 Å². The number of aromatic nitrogens is 3. The molecule has 0 spiro atoms. The molecule has 0 atom stereocenters. The lowest BCUT2D eigenvalue weighted by atomic mass is 10.2. The highest BCUT2D eigenvalue weighted by atomic mass is 79.9. The highest BCUT2D eigenvalue weighted by Crippen LogP contribution is 2.33. The van der Waals surface area contributed by atoms with Gasteiger partial charge in [-0.1, -0.05) is 0 Å². The molecule has 6 heteroatoms. The predicted molar refractivity (Wildman–Crippen MR) is 77.7 cm³/mol. The number of hydrogen-bond donors (Lipinski definition) is 2. The summed E-state index contributed by atoms with van der Waals surface area (Å²) in [5.41, 5.74) is 9.69. The van der Waals surface area contributed by atoms with Crippen LogP contribution in [0.15, 0.2) is 28.3 Å². The first-order valence-electron chi connectivity index (χ1n) is 5.56. The van der Waals surface area contributed by atoms with Gasteiger partial charge in [-0.2, -0.15) is 0 Å². The van der Waals surface area contributed by atoms with E-state index in [1.165, 1.54) is 0 Å². The molecule has 1 aromatic carbocycles. The normalized spacial score (nSPS) is 11.2. The Morgan fingerprint density at radius 1 is 1.39 bits per heavy atom. The minimum absolute atomic E-state index is 0.612. The van der Waals surface area contributed by atoms with E-state index in [0.717, 1.165) is 37.5 Å². The minimum Gasteiger partial charge on any atom is -0.345 e. The summed E-state index contributed by atoms with van der Waals surface area (Å²) in [6, 6.07) is 6.11. The van der Waals surface area contributed by atoms with Crippen LogP contribution in [0.5, 0.6) is 0 Å². The van der Waals surface area contributed by atoms with Crippen LogP contribution in [0, 0.1) is 0 Å². The molecule has 0 unspecified atom stereocenters. The number of rotatable bonds is 3. The monoisotopic (exact) mass is 322 g/mol. The molecule has 4 nitrogen and oxygen atoms in total. The van der Waals surface area contributed by atoms with Crippen LogP contribution in [-0.4, -0.2) is 21.5 Å². The number of hydrogen-bond acceptors (Lipinski definition) is 4. The van der Waals surface area contributed by atoms with Crippen molar-refractivity contribution >= 4 is 38.3 Å². The van der Waals surface area contributed by atoms with E-state index in [0.29, 0.717) is 6.54 Å². The number of imidazole rings is 1. The van der Waals surface area contributed by atoms with Gasteiger partial charge in [-0.15, -0.1) is 11.3 Å². The Balaban J connectivity index is 2.05. The van der Waals surface area contributed by atoms with Crippen molar-refractivity contribution in [2.75, 3.05) is 6.54 Å². The standard InChI is InChI=1S/C12H11BrN4S/c13-11-9(3-4-14)17-12(18-11)7-1-2-8-10(5-7)16-6-15-8/h1-2,5-6H,3-4,14H2,(H,15,16). The lowest BCUT2D eigenvalue weighted by Crippen LogP contribution is -2.03. The maximum Gasteiger partial charge on any atom is 0.124 e. The average Bonchev–Trinajstić information content (AvgIpc) is 2.96. The molecule has 0 amide bonds. The summed E-state index contributed by atoms with van der Waals surface area (Å²) >= 11 is 5.17. The van der Waals surface area contributed by atoms with Gasteiger partial charge < -0.3 is 10.7 Å². The van der Waals surface area contributed by atoms with Crippen LogP contribution in [0.2, 0.25) is 0 Å². The maximum atomic E-state index is 5.57. The molecule has 0 fully saturated rings. The number of fused-ring (bicyclic) bond motifs is 1. The van der Waals surface area contributed by atoms with Gasteiger partial charge in [0.1, 0.15) is 5.01 Å². The molecule has 2 aromatic heterocycles. The summed E-state index contributed by atoms with van der Waals surface area (Å²) in [5.74, 6) is 0. The number of nitrogens with zero attached hydrogens (tertiary/aromatic N) is 2. The van der Waals surface area contributed by atoms with Gasteiger partial charge in [0.05, 0.1) is 26.8 Å².